The molecular weight excluding hydrogens is 460 g/mol. The molecule has 164 valence electrons. The topological polar surface area (TPSA) is 68.1 Å². The molecule has 2 aromatic carbocycles. The van der Waals surface area contributed by atoms with Crippen molar-refractivity contribution in [3.8, 4) is 5.75 Å². The second-order valence-electron chi connectivity index (χ2n) is 8.19. The summed E-state index contributed by atoms with van der Waals surface area (Å²) in [7, 11) is 5.65. The average Bonchev–Trinajstić information content (AvgIpc) is 2.98. The lowest BCUT2D eigenvalue weighted by atomic mass is 9.85. The van der Waals surface area contributed by atoms with E-state index >= 15 is 0 Å². The molecule has 2 unspecified atom stereocenters. The van der Waals surface area contributed by atoms with Crippen molar-refractivity contribution >= 4 is 33.4 Å². The summed E-state index contributed by atoms with van der Waals surface area (Å²) in [6, 6.07) is 12.0. The van der Waals surface area contributed by atoms with Gasteiger partial charge in [0.05, 0.1) is 33.8 Å². The van der Waals surface area contributed by atoms with E-state index in [1.165, 1.54) is 4.90 Å². The lowest BCUT2D eigenvalue weighted by molar-refractivity contribution is -0.858. The second kappa shape index (κ2) is 9.75. The van der Waals surface area contributed by atoms with Gasteiger partial charge < -0.3 is 14.5 Å². The monoisotopic (exact) mass is 487 g/mol. The van der Waals surface area contributed by atoms with Crippen LogP contribution < -0.4 is 9.64 Å². The third-order valence-electron chi connectivity index (χ3n) is 5.67. The van der Waals surface area contributed by atoms with Crippen LogP contribution in [0.25, 0.3) is 0 Å². The summed E-state index contributed by atoms with van der Waals surface area (Å²) in [5, 5.41) is 0. The molecule has 0 aliphatic carbocycles. The van der Waals surface area contributed by atoms with Gasteiger partial charge in [-0.15, -0.1) is 0 Å². The lowest BCUT2D eigenvalue weighted by Crippen LogP contribution is -3.05. The van der Waals surface area contributed by atoms with Gasteiger partial charge in [-0.1, -0.05) is 28.1 Å². The number of aryl methyl sites for hydroxylation is 1. The molecule has 3 rings (SSSR count). The number of amides is 1. The number of ketones is 2. The SMILES string of the molecule is COc1ccc(C(=O)C2C(=O)C(=O)N(CCC[NH+](C)C)C2c2ccc(Br)cc2)c(C)c1. The third-order valence-corrected chi connectivity index (χ3v) is 6.20. The number of hydrogen-bond donors (Lipinski definition) is 1. The Labute approximate surface area is 191 Å². The fraction of sp³-hybridized carbons (Fsp3) is 0.375. The predicted molar refractivity (Wildman–Crippen MR) is 121 cm³/mol. The number of methoxy groups -OCH3 is 1. The minimum Gasteiger partial charge on any atom is -0.497 e. The standard InChI is InChI=1S/C24H27BrN2O4/c1-15-14-18(31-4)10-11-19(15)22(28)20-21(16-6-8-17(25)9-7-16)27(24(30)23(20)29)13-5-12-26(2)3/h6-11,14,20-21H,5,12-13H2,1-4H3/p+1. The van der Waals surface area contributed by atoms with Gasteiger partial charge in [-0.3, -0.25) is 14.4 Å². The summed E-state index contributed by atoms with van der Waals surface area (Å²) < 4.78 is 6.12. The number of benzene rings is 2. The number of Topliss-reactive ketones (excluding diaryl/α,β-unsaturated/α-hetero) is 2. The number of quaternary nitrogens is 1. The molecule has 0 radical (unpaired) electrons. The molecule has 1 aliphatic rings. The summed E-state index contributed by atoms with van der Waals surface area (Å²) >= 11 is 3.43. The zero-order valence-corrected chi connectivity index (χ0v) is 19.9. The molecule has 0 saturated carbocycles. The lowest BCUT2D eigenvalue weighted by Gasteiger charge is -2.27. The summed E-state index contributed by atoms with van der Waals surface area (Å²) in [5.41, 5.74) is 1.94. The molecule has 6 nitrogen and oxygen atoms in total. The fourth-order valence-corrected chi connectivity index (χ4v) is 4.33. The van der Waals surface area contributed by atoms with E-state index in [-0.39, 0.29) is 5.78 Å². The van der Waals surface area contributed by atoms with Crippen LogP contribution in [0.3, 0.4) is 0 Å². The van der Waals surface area contributed by atoms with Crippen molar-refractivity contribution in [2.75, 3.05) is 34.3 Å². The summed E-state index contributed by atoms with van der Waals surface area (Å²) in [6.07, 6.45) is 0.747. The minimum absolute atomic E-state index is 0.327. The number of carbonyl (C=O) groups is 3. The number of nitrogens with zero attached hydrogens (tertiary/aromatic N) is 1. The third kappa shape index (κ3) is 4.88. The Hall–Kier alpha value is -2.51. The fourth-order valence-electron chi connectivity index (χ4n) is 4.07. The maximum Gasteiger partial charge on any atom is 0.291 e. The van der Waals surface area contributed by atoms with Gasteiger partial charge in [0, 0.05) is 23.0 Å². The van der Waals surface area contributed by atoms with Crippen LogP contribution in [0.15, 0.2) is 46.9 Å². The van der Waals surface area contributed by atoms with Crippen LogP contribution in [0.1, 0.15) is 33.9 Å². The largest absolute Gasteiger partial charge is 0.497 e. The molecule has 2 aromatic rings. The van der Waals surface area contributed by atoms with Crippen LogP contribution in [-0.4, -0.2) is 56.7 Å². The summed E-state index contributed by atoms with van der Waals surface area (Å²) in [4.78, 5) is 42.4. The average molecular weight is 488 g/mol. The summed E-state index contributed by atoms with van der Waals surface area (Å²) in [5.74, 6) is -1.96. The number of hydrogen-bond acceptors (Lipinski definition) is 4. The molecule has 1 saturated heterocycles. The van der Waals surface area contributed by atoms with Crippen LogP contribution >= 0.6 is 15.9 Å². The van der Waals surface area contributed by atoms with Gasteiger partial charge in [0.1, 0.15) is 11.7 Å². The van der Waals surface area contributed by atoms with Gasteiger partial charge in [-0.25, -0.2) is 0 Å². The Morgan fingerprint density at radius 2 is 1.81 bits per heavy atom. The molecule has 0 bridgehead atoms. The molecular formula is C24H28BrN2O4+. The number of likely N-dealkylation sites (tertiary alicyclic amines) is 1. The van der Waals surface area contributed by atoms with Gasteiger partial charge in [0.2, 0.25) is 5.78 Å². The van der Waals surface area contributed by atoms with Crippen molar-refractivity contribution in [1.82, 2.24) is 4.90 Å². The molecule has 1 aliphatic heterocycles. The van der Waals surface area contributed by atoms with Gasteiger partial charge in [0.25, 0.3) is 5.91 Å². The van der Waals surface area contributed by atoms with Crippen molar-refractivity contribution in [3.05, 3.63) is 63.6 Å². The van der Waals surface area contributed by atoms with E-state index in [4.69, 9.17) is 4.74 Å². The summed E-state index contributed by atoms with van der Waals surface area (Å²) in [6.45, 7) is 3.10. The van der Waals surface area contributed by atoms with Crippen LogP contribution in [0.4, 0.5) is 0 Å². The normalized spacial score (nSPS) is 18.7. The van der Waals surface area contributed by atoms with Crippen LogP contribution in [-0.2, 0) is 9.59 Å². The van der Waals surface area contributed by atoms with E-state index in [0.29, 0.717) is 23.4 Å². The first-order valence-corrected chi connectivity index (χ1v) is 11.1. The Kier molecular flexibility index (Phi) is 7.28. The van der Waals surface area contributed by atoms with Gasteiger partial charge in [-0.05, 0) is 48.4 Å². The van der Waals surface area contributed by atoms with E-state index in [0.717, 1.165) is 23.0 Å². The zero-order chi connectivity index (χ0) is 22.7. The highest BCUT2D eigenvalue weighted by Gasteiger charge is 2.51. The first kappa shape index (κ1) is 23.2. The minimum atomic E-state index is -1.06. The molecule has 1 amide bonds. The Morgan fingerprint density at radius 3 is 2.39 bits per heavy atom. The van der Waals surface area contributed by atoms with Crippen molar-refractivity contribution < 1.29 is 24.0 Å². The quantitative estimate of drug-likeness (QED) is 0.352. The zero-order valence-electron chi connectivity index (χ0n) is 18.3. The molecule has 2 atom stereocenters. The van der Waals surface area contributed by atoms with E-state index in [1.54, 1.807) is 30.2 Å². The smallest absolute Gasteiger partial charge is 0.291 e. The van der Waals surface area contributed by atoms with Crippen molar-refractivity contribution in [2.24, 2.45) is 5.92 Å². The van der Waals surface area contributed by atoms with Crippen molar-refractivity contribution in [3.63, 3.8) is 0 Å². The molecule has 0 spiro atoms. The highest BCUT2D eigenvalue weighted by Crippen LogP contribution is 2.39. The highest BCUT2D eigenvalue weighted by atomic mass is 79.9. The molecule has 1 fully saturated rings. The molecule has 1 heterocycles. The number of halogens is 1. The van der Waals surface area contributed by atoms with E-state index < -0.39 is 23.7 Å². The Morgan fingerprint density at radius 1 is 1.13 bits per heavy atom. The maximum absolute atomic E-state index is 13.5. The molecule has 1 N–H and O–H groups in total. The molecule has 7 heteroatoms. The Bertz CT molecular complexity index is 988. The van der Waals surface area contributed by atoms with Crippen LogP contribution in [0.2, 0.25) is 0 Å². The second-order valence-corrected chi connectivity index (χ2v) is 9.11. The van der Waals surface area contributed by atoms with Gasteiger partial charge in [-0.2, -0.15) is 0 Å². The van der Waals surface area contributed by atoms with Crippen molar-refractivity contribution in [2.45, 2.75) is 19.4 Å². The first-order chi connectivity index (χ1) is 14.7. The number of nitrogens with one attached hydrogen (secondary N) is 1. The first-order valence-electron chi connectivity index (χ1n) is 10.3. The van der Waals surface area contributed by atoms with Crippen LogP contribution in [0, 0.1) is 12.8 Å². The number of carbonyl (C=O) groups excluding carboxylic acids is 3. The van der Waals surface area contributed by atoms with E-state index in [9.17, 15) is 14.4 Å². The van der Waals surface area contributed by atoms with E-state index in [2.05, 4.69) is 15.9 Å². The van der Waals surface area contributed by atoms with Gasteiger partial charge >= 0.3 is 0 Å². The van der Waals surface area contributed by atoms with Gasteiger partial charge in [0.15, 0.2) is 5.78 Å². The van der Waals surface area contributed by atoms with Crippen LogP contribution in [0.5, 0.6) is 5.75 Å². The Balaban J connectivity index is 2.01. The van der Waals surface area contributed by atoms with E-state index in [1.807, 2.05) is 45.3 Å². The number of rotatable bonds is 8. The molecule has 31 heavy (non-hydrogen) atoms. The van der Waals surface area contributed by atoms with Crippen molar-refractivity contribution in [1.29, 1.82) is 0 Å². The predicted octanol–water partition coefficient (Wildman–Crippen LogP) is 2.25. The number of ether oxygens (including phenoxy) is 1. The highest BCUT2D eigenvalue weighted by molar-refractivity contribution is 9.10. The maximum atomic E-state index is 13.5. The molecule has 0 aromatic heterocycles.